The molecule has 1 aromatic carbocycles. The number of aliphatic hydroxyl groups is 1. The number of hydrogen-bond acceptors (Lipinski definition) is 3. The Morgan fingerprint density at radius 2 is 2.21 bits per heavy atom. The minimum absolute atomic E-state index is 0.0457. The van der Waals surface area contributed by atoms with E-state index in [0.717, 1.165) is 9.92 Å². The fourth-order valence-corrected chi connectivity index (χ4v) is 2.70. The molecule has 0 saturated carbocycles. The van der Waals surface area contributed by atoms with Crippen molar-refractivity contribution in [1.29, 1.82) is 0 Å². The number of carbonyl (C=O) groups is 1. The van der Waals surface area contributed by atoms with Crippen molar-refractivity contribution in [3.05, 3.63) is 29.3 Å². The Morgan fingerprint density at radius 1 is 1.47 bits per heavy atom. The van der Waals surface area contributed by atoms with Crippen LogP contribution < -0.4 is 5.32 Å². The maximum atomic E-state index is 11.6. The van der Waals surface area contributed by atoms with Gasteiger partial charge in [-0.2, -0.15) is 0 Å². The zero-order valence-corrected chi connectivity index (χ0v) is 12.6. The molecule has 1 atom stereocenters. The van der Waals surface area contributed by atoms with Crippen molar-refractivity contribution >= 4 is 29.3 Å². The number of aliphatic hydroxyl groups excluding tert-OH is 1. The highest BCUT2D eigenvalue weighted by molar-refractivity contribution is 7.99. The summed E-state index contributed by atoms with van der Waals surface area (Å²) in [5, 5.41) is 12.4. The summed E-state index contributed by atoms with van der Waals surface area (Å²) >= 11 is 7.62. The molecule has 0 spiro atoms. The molecule has 0 aromatic heterocycles. The maximum Gasteiger partial charge on any atom is 0.220 e. The summed E-state index contributed by atoms with van der Waals surface area (Å²) < 4.78 is 0. The largest absolute Gasteiger partial charge is 0.396 e. The van der Waals surface area contributed by atoms with Crippen LogP contribution in [-0.4, -0.2) is 29.9 Å². The van der Waals surface area contributed by atoms with Crippen LogP contribution in [0.4, 0.5) is 0 Å². The van der Waals surface area contributed by atoms with Gasteiger partial charge in [-0.15, -0.1) is 11.8 Å². The van der Waals surface area contributed by atoms with Crippen LogP contribution in [-0.2, 0) is 4.79 Å². The lowest BCUT2D eigenvalue weighted by Gasteiger charge is -2.11. The Bertz CT molecular complexity index is 401. The van der Waals surface area contributed by atoms with E-state index in [4.69, 9.17) is 16.7 Å². The number of amides is 1. The van der Waals surface area contributed by atoms with Gasteiger partial charge < -0.3 is 10.4 Å². The van der Waals surface area contributed by atoms with Crippen molar-refractivity contribution in [3.63, 3.8) is 0 Å². The molecule has 2 N–H and O–H groups in total. The number of carbonyl (C=O) groups excluding carboxylic acids is 1. The molecule has 3 nitrogen and oxygen atoms in total. The van der Waals surface area contributed by atoms with Gasteiger partial charge >= 0.3 is 0 Å². The Balaban J connectivity index is 2.19. The van der Waals surface area contributed by atoms with Gasteiger partial charge in [-0.05, 0) is 24.5 Å². The van der Waals surface area contributed by atoms with Crippen LogP contribution in [0.15, 0.2) is 29.2 Å². The van der Waals surface area contributed by atoms with Crippen LogP contribution in [0, 0.1) is 5.92 Å². The minimum Gasteiger partial charge on any atom is -0.396 e. The fraction of sp³-hybridized carbons (Fsp3) is 0.500. The Hall–Kier alpha value is -0.710. The fourth-order valence-electron chi connectivity index (χ4n) is 1.51. The molecule has 1 unspecified atom stereocenters. The molecule has 19 heavy (non-hydrogen) atoms. The van der Waals surface area contributed by atoms with Gasteiger partial charge in [0.25, 0.3) is 0 Å². The molecule has 0 fully saturated rings. The third-order valence-corrected chi connectivity index (χ3v) is 4.21. The molecule has 0 aliphatic carbocycles. The molecule has 1 rings (SSSR count). The maximum absolute atomic E-state index is 11.6. The summed E-state index contributed by atoms with van der Waals surface area (Å²) in [5.41, 5.74) is 0. The monoisotopic (exact) mass is 301 g/mol. The summed E-state index contributed by atoms with van der Waals surface area (Å²) in [6.07, 6.45) is 1.19. The minimum atomic E-state index is 0.0457. The van der Waals surface area contributed by atoms with Crippen molar-refractivity contribution in [1.82, 2.24) is 5.32 Å². The number of benzene rings is 1. The average Bonchev–Trinajstić information content (AvgIpc) is 2.39. The third kappa shape index (κ3) is 6.85. The van der Waals surface area contributed by atoms with Gasteiger partial charge in [0.1, 0.15) is 0 Å². The first-order chi connectivity index (χ1) is 9.13. The highest BCUT2D eigenvalue weighted by Crippen LogP contribution is 2.26. The second kappa shape index (κ2) is 9.23. The Morgan fingerprint density at radius 3 is 2.89 bits per heavy atom. The van der Waals surface area contributed by atoms with E-state index in [9.17, 15) is 4.79 Å². The zero-order valence-electron chi connectivity index (χ0n) is 11.1. The van der Waals surface area contributed by atoms with E-state index in [-0.39, 0.29) is 12.5 Å². The van der Waals surface area contributed by atoms with Crippen LogP contribution in [0.1, 0.15) is 19.8 Å². The van der Waals surface area contributed by atoms with Gasteiger partial charge in [0.2, 0.25) is 5.91 Å². The standard InChI is InChI=1S/C14H20ClNO2S/c1-11(6-8-17)10-16-14(18)7-9-19-13-5-3-2-4-12(13)15/h2-5,11,17H,6-10H2,1H3,(H,16,18). The van der Waals surface area contributed by atoms with Gasteiger partial charge in [-0.25, -0.2) is 0 Å². The van der Waals surface area contributed by atoms with E-state index in [2.05, 4.69) is 5.32 Å². The Labute approximate surface area is 123 Å². The first-order valence-corrected chi connectivity index (χ1v) is 7.74. The number of rotatable bonds is 8. The van der Waals surface area contributed by atoms with E-state index in [1.165, 1.54) is 0 Å². The quantitative estimate of drug-likeness (QED) is 0.726. The summed E-state index contributed by atoms with van der Waals surface area (Å²) in [6, 6.07) is 7.63. The predicted octanol–water partition coefficient (Wildman–Crippen LogP) is 2.96. The lowest BCUT2D eigenvalue weighted by molar-refractivity contribution is -0.120. The lowest BCUT2D eigenvalue weighted by Crippen LogP contribution is -2.28. The van der Waals surface area contributed by atoms with Gasteiger partial charge in [-0.3, -0.25) is 4.79 Å². The molecule has 0 bridgehead atoms. The smallest absolute Gasteiger partial charge is 0.220 e. The van der Waals surface area contributed by atoms with Crippen LogP contribution >= 0.6 is 23.4 Å². The summed E-state index contributed by atoms with van der Waals surface area (Å²) in [6.45, 7) is 2.80. The first-order valence-electron chi connectivity index (χ1n) is 6.38. The van der Waals surface area contributed by atoms with Crippen molar-refractivity contribution in [3.8, 4) is 0 Å². The van der Waals surface area contributed by atoms with Crippen LogP contribution in [0.2, 0.25) is 5.02 Å². The van der Waals surface area contributed by atoms with Crippen molar-refractivity contribution in [2.75, 3.05) is 18.9 Å². The number of nitrogens with one attached hydrogen (secondary N) is 1. The number of halogens is 1. The first kappa shape index (κ1) is 16.3. The highest BCUT2D eigenvalue weighted by Gasteiger charge is 2.06. The second-order valence-corrected chi connectivity index (χ2v) is 5.99. The van der Waals surface area contributed by atoms with E-state index in [1.807, 2.05) is 31.2 Å². The molecule has 0 saturated heterocycles. The number of hydrogen-bond donors (Lipinski definition) is 2. The summed E-state index contributed by atoms with van der Waals surface area (Å²) in [4.78, 5) is 12.6. The molecule has 106 valence electrons. The topological polar surface area (TPSA) is 49.3 Å². The highest BCUT2D eigenvalue weighted by atomic mass is 35.5. The second-order valence-electron chi connectivity index (χ2n) is 4.45. The van der Waals surface area contributed by atoms with E-state index in [1.54, 1.807) is 11.8 Å². The van der Waals surface area contributed by atoms with Crippen molar-refractivity contribution < 1.29 is 9.90 Å². The lowest BCUT2D eigenvalue weighted by atomic mass is 10.1. The van der Waals surface area contributed by atoms with Gasteiger partial charge in [0.15, 0.2) is 0 Å². The molecule has 1 amide bonds. The SMILES string of the molecule is CC(CCO)CNC(=O)CCSc1ccccc1Cl. The summed E-state index contributed by atoms with van der Waals surface area (Å²) in [7, 11) is 0. The van der Waals surface area contributed by atoms with Crippen molar-refractivity contribution in [2.45, 2.75) is 24.7 Å². The molecule has 1 aromatic rings. The van der Waals surface area contributed by atoms with Gasteiger partial charge in [-0.1, -0.05) is 30.7 Å². The van der Waals surface area contributed by atoms with Crippen molar-refractivity contribution in [2.24, 2.45) is 5.92 Å². The Kier molecular flexibility index (Phi) is 7.94. The molecule has 0 aliphatic heterocycles. The summed E-state index contributed by atoms with van der Waals surface area (Å²) in [5.74, 6) is 1.07. The van der Waals surface area contributed by atoms with E-state index >= 15 is 0 Å². The van der Waals surface area contributed by atoms with E-state index < -0.39 is 0 Å². The zero-order chi connectivity index (χ0) is 14.1. The molecule has 5 heteroatoms. The molecule has 0 radical (unpaired) electrons. The normalized spacial score (nSPS) is 12.2. The molecule has 0 aliphatic rings. The average molecular weight is 302 g/mol. The van der Waals surface area contributed by atoms with Gasteiger partial charge in [0.05, 0.1) is 5.02 Å². The molecular weight excluding hydrogens is 282 g/mol. The molecule has 0 heterocycles. The number of thioether (sulfide) groups is 1. The van der Waals surface area contributed by atoms with Crippen LogP contribution in [0.25, 0.3) is 0 Å². The predicted molar refractivity (Wildman–Crippen MR) is 80.7 cm³/mol. The molecular formula is C14H20ClNO2S. The van der Waals surface area contributed by atoms with Crippen LogP contribution in [0.5, 0.6) is 0 Å². The van der Waals surface area contributed by atoms with E-state index in [0.29, 0.717) is 31.1 Å². The van der Waals surface area contributed by atoms with Gasteiger partial charge in [0, 0.05) is 30.2 Å². The third-order valence-electron chi connectivity index (χ3n) is 2.69. The van der Waals surface area contributed by atoms with Crippen LogP contribution in [0.3, 0.4) is 0 Å².